The highest BCUT2D eigenvalue weighted by Gasteiger charge is 2.12. The van der Waals surface area contributed by atoms with Gasteiger partial charge < -0.3 is 11.5 Å². The van der Waals surface area contributed by atoms with Crippen LogP contribution in [-0.4, -0.2) is 11.7 Å². The van der Waals surface area contributed by atoms with E-state index in [-0.39, 0.29) is 23.5 Å². The summed E-state index contributed by atoms with van der Waals surface area (Å²) in [5, 5.41) is 0. The van der Waals surface area contributed by atoms with Crippen molar-refractivity contribution in [2.24, 2.45) is 11.5 Å². The van der Waals surface area contributed by atoms with Crippen LogP contribution < -0.4 is 11.5 Å². The minimum Gasteiger partial charge on any atom is -0.394 e. The molecule has 0 radical (unpaired) electrons. The van der Waals surface area contributed by atoms with Gasteiger partial charge in [-0.05, 0) is 12.5 Å². The lowest BCUT2D eigenvalue weighted by molar-refractivity contribution is -0.117. The highest BCUT2D eigenvalue weighted by atomic mass is 16.1. The van der Waals surface area contributed by atoms with E-state index in [1.165, 1.54) is 6.92 Å². The number of carbonyl (C=O) groups excluding carboxylic acids is 2. The van der Waals surface area contributed by atoms with Crippen molar-refractivity contribution in [3.63, 3.8) is 0 Å². The van der Waals surface area contributed by atoms with Crippen molar-refractivity contribution in [3.05, 3.63) is 47.2 Å². The van der Waals surface area contributed by atoms with E-state index in [4.69, 9.17) is 11.5 Å². The number of carbonyl (C=O) groups is 2. The summed E-state index contributed by atoms with van der Waals surface area (Å²) in [6.07, 6.45) is 0.223. The summed E-state index contributed by atoms with van der Waals surface area (Å²) in [7, 11) is 0. The monoisotopic (exact) mass is 218 g/mol. The van der Waals surface area contributed by atoms with Crippen molar-refractivity contribution < 1.29 is 9.59 Å². The van der Waals surface area contributed by atoms with Crippen molar-refractivity contribution in [2.45, 2.75) is 13.3 Å². The lowest BCUT2D eigenvalue weighted by atomic mass is 10.0. The average Bonchev–Trinajstić information content (AvgIpc) is 2.28. The molecule has 1 amide bonds. The molecule has 0 saturated heterocycles. The Hall–Kier alpha value is -2.10. The summed E-state index contributed by atoms with van der Waals surface area (Å²) in [5.41, 5.74) is 11.3. The van der Waals surface area contributed by atoms with Crippen molar-refractivity contribution in [2.75, 3.05) is 0 Å². The number of primary amides is 1. The first kappa shape index (κ1) is 12.0. The minimum absolute atomic E-state index is 0.166. The molecule has 0 aromatic heterocycles. The molecule has 4 N–H and O–H groups in total. The molecule has 0 saturated carbocycles. The standard InChI is InChI=1S/C12H14N2O2/c1-8(11(13)12(14)16)10(15)7-9-5-3-2-4-6-9/h2-6H,7,13H2,1H3,(H2,14,16). The largest absolute Gasteiger partial charge is 0.394 e. The number of Topliss-reactive ketones (excluding diaryl/α,β-unsaturated/α-hetero) is 1. The summed E-state index contributed by atoms with van der Waals surface area (Å²) < 4.78 is 0. The molecule has 1 aromatic rings. The Morgan fingerprint density at radius 2 is 1.69 bits per heavy atom. The fraction of sp³-hybridized carbons (Fsp3) is 0.167. The predicted octanol–water partition coefficient (Wildman–Crippen LogP) is 0.516. The van der Waals surface area contributed by atoms with E-state index in [9.17, 15) is 9.59 Å². The van der Waals surface area contributed by atoms with Gasteiger partial charge in [-0.15, -0.1) is 0 Å². The quantitative estimate of drug-likeness (QED) is 0.722. The van der Waals surface area contributed by atoms with E-state index in [1.54, 1.807) is 0 Å². The van der Waals surface area contributed by atoms with Crippen LogP contribution in [0.1, 0.15) is 12.5 Å². The van der Waals surface area contributed by atoms with Gasteiger partial charge in [0.1, 0.15) is 5.70 Å². The van der Waals surface area contributed by atoms with Crippen molar-refractivity contribution in [1.82, 2.24) is 0 Å². The molecule has 0 aliphatic carbocycles. The highest BCUT2D eigenvalue weighted by Crippen LogP contribution is 2.06. The van der Waals surface area contributed by atoms with Gasteiger partial charge in [0.05, 0.1) is 0 Å². The first-order valence-electron chi connectivity index (χ1n) is 4.85. The molecule has 0 heterocycles. The van der Waals surface area contributed by atoms with Gasteiger partial charge in [0.15, 0.2) is 5.78 Å². The zero-order valence-electron chi connectivity index (χ0n) is 9.07. The summed E-state index contributed by atoms with van der Waals surface area (Å²) >= 11 is 0. The van der Waals surface area contributed by atoms with Crippen LogP contribution in [0.25, 0.3) is 0 Å². The number of amides is 1. The van der Waals surface area contributed by atoms with Crippen LogP contribution in [-0.2, 0) is 16.0 Å². The van der Waals surface area contributed by atoms with E-state index in [0.29, 0.717) is 0 Å². The zero-order chi connectivity index (χ0) is 12.1. The number of rotatable bonds is 4. The normalized spacial score (nSPS) is 11.8. The third-order valence-electron chi connectivity index (χ3n) is 2.30. The fourth-order valence-electron chi connectivity index (χ4n) is 1.25. The maximum absolute atomic E-state index is 11.7. The number of hydrogen-bond donors (Lipinski definition) is 2. The molecule has 0 bridgehead atoms. The third-order valence-corrected chi connectivity index (χ3v) is 2.30. The van der Waals surface area contributed by atoms with Gasteiger partial charge in [0, 0.05) is 12.0 Å². The van der Waals surface area contributed by atoms with E-state index < -0.39 is 5.91 Å². The number of allylic oxidation sites excluding steroid dienone is 1. The number of ketones is 1. The van der Waals surface area contributed by atoms with Gasteiger partial charge in [-0.25, -0.2) is 0 Å². The maximum Gasteiger partial charge on any atom is 0.264 e. The molecule has 0 aliphatic rings. The average molecular weight is 218 g/mol. The molecule has 16 heavy (non-hydrogen) atoms. The molecule has 4 nitrogen and oxygen atoms in total. The van der Waals surface area contributed by atoms with E-state index >= 15 is 0 Å². The summed E-state index contributed by atoms with van der Waals surface area (Å²) in [4.78, 5) is 22.5. The second kappa shape index (κ2) is 5.11. The lowest BCUT2D eigenvalue weighted by Gasteiger charge is -2.04. The van der Waals surface area contributed by atoms with Crippen LogP contribution in [0.4, 0.5) is 0 Å². The molecular weight excluding hydrogens is 204 g/mol. The summed E-state index contributed by atoms with van der Waals surface area (Å²) in [6.45, 7) is 1.51. The van der Waals surface area contributed by atoms with Crippen LogP contribution in [0.15, 0.2) is 41.6 Å². The smallest absolute Gasteiger partial charge is 0.264 e. The van der Waals surface area contributed by atoms with Gasteiger partial charge in [0.25, 0.3) is 5.91 Å². The first-order chi connectivity index (χ1) is 7.52. The molecule has 0 fully saturated rings. The Kier molecular flexibility index (Phi) is 3.83. The van der Waals surface area contributed by atoms with Gasteiger partial charge in [-0.1, -0.05) is 30.3 Å². The van der Waals surface area contributed by atoms with Crippen LogP contribution in [0.2, 0.25) is 0 Å². The molecule has 84 valence electrons. The van der Waals surface area contributed by atoms with Crippen molar-refractivity contribution in [3.8, 4) is 0 Å². The molecule has 0 atom stereocenters. The summed E-state index contributed by atoms with van der Waals surface area (Å²) in [6, 6.07) is 9.24. The Balaban J connectivity index is 2.82. The Morgan fingerprint density at radius 3 is 2.19 bits per heavy atom. The molecule has 0 unspecified atom stereocenters. The molecule has 0 spiro atoms. The predicted molar refractivity (Wildman–Crippen MR) is 61.2 cm³/mol. The zero-order valence-corrected chi connectivity index (χ0v) is 9.07. The summed E-state index contributed by atoms with van der Waals surface area (Å²) in [5.74, 6) is -0.957. The van der Waals surface area contributed by atoms with Gasteiger partial charge >= 0.3 is 0 Å². The maximum atomic E-state index is 11.7. The molecule has 1 rings (SSSR count). The number of benzene rings is 1. The van der Waals surface area contributed by atoms with Crippen LogP contribution in [0, 0.1) is 0 Å². The highest BCUT2D eigenvalue weighted by molar-refractivity contribution is 6.04. The van der Waals surface area contributed by atoms with Crippen molar-refractivity contribution in [1.29, 1.82) is 0 Å². The SMILES string of the molecule is CC(C(=O)Cc1ccccc1)=C(N)C(N)=O. The van der Waals surface area contributed by atoms with E-state index in [2.05, 4.69) is 0 Å². The topological polar surface area (TPSA) is 86.2 Å². The van der Waals surface area contributed by atoms with Gasteiger partial charge in [0.2, 0.25) is 0 Å². The third kappa shape index (κ3) is 2.95. The number of nitrogens with two attached hydrogens (primary N) is 2. The molecular formula is C12H14N2O2. The Morgan fingerprint density at radius 1 is 1.12 bits per heavy atom. The van der Waals surface area contributed by atoms with E-state index in [0.717, 1.165) is 5.56 Å². The van der Waals surface area contributed by atoms with E-state index in [1.807, 2.05) is 30.3 Å². The van der Waals surface area contributed by atoms with Gasteiger partial charge in [-0.3, -0.25) is 9.59 Å². The second-order valence-corrected chi connectivity index (χ2v) is 3.49. The minimum atomic E-state index is -0.765. The van der Waals surface area contributed by atoms with Crippen LogP contribution >= 0.6 is 0 Å². The molecule has 0 aliphatic heterocycles. The van der Waals surface area contributed by atoms with Gasteiger partial charge in [-0.2, -0.15) is 0 Å². The second-order valence-electron chi connectivity index (χ2n) is 3.49. The molecule has 1 aromatic carbocycles. The van der Waals surface area contributed by atoms with Crippen molar-refractivity contribution >= 4 is 11.7 Å². The lowest BCUT2D eigenvalue weighted by Crippen LogP contribution is -2.24. The molecule has 4 heteroatoms. The number of hydrogen-bond acceptors (Lipinski definition) is 3. The van der Waals surface area contributed by atoms with Crippen LogP contribution in [0.3, 0.4) is 0 Å². The van der Waals surface area contributed by atoms with Crippen LogP contribution in [0.5, 0.6) is 0 Å². The Labute approximate surface area is 93.9 Å². The first-order valence-corrected chi connectivity index (χ1v) is 4.85. The fourth-order valence-corrected chi connectivity index (χ4v) is 1.25. The Bertz CT molecular complexity index is 436.